The van der Waals surface area contributed by atoms with E-state index >= 15 is 0 Å². The Morgan fingerprint density at radius 3 is 2.74 bits per heavy atom. The molecular weight excluding hydrogens is 262 g/mol. The van der Waals surface area contributed by atoms with Crippen LogP contribution in [0.5, 0.6) is 0 Å². The van der Waals surface area contributed by atoms with E-state index in [9.17, 15) is 8.42 Å². The van der Waals surface area contributed by atoms with E-state index < -0.39 is 10.0 Å². The van der Waals surface area contributed by atoms with Gasteiger partial charge in [-0.3, -0.25) is 0 Å². The molecule has 19 heavy (non-hydrogen) atoms. The molecule has 6 heteroatoms. The Balaban J connectivity index is 3.00. The van der Waals surface area contributed by atoms with Crippen LogP contribution in [-0.2, 0) is 10.0 Å². The summed E-state index contributed by atoms with van der Waals surface area (Å²) in [7, 11) is -2.10. The summed E-state index contributed by atoms with van der Waals surface area (Å²) < 4.78 is 25.8. The van der Waals surface area contributed by atoms with E-state index in [2.05, 4.69) is 6.58 Å². The summed E-state index contributed by atoms with van der Waals surface area (Å²) in [5, 5.41) is 8.73. The number of benzene rings is 1. The zero-order valence-electron chi connectivity index (χ0n) is 10.8. The predicted octanol–water partition coefficient (Wildman–Crippen LogP) is 1.73. The monoisotopic (exact) mass is 279 g/mol. The van der Waals surface area contributed by atoms with Gasteiger partial charge in [0.1, 0.15) is 4.90 Å². The maximum atomic E-state index is 12.3. The van der Waals surface area contributed by atoms with E-state index in [4.69, 9.17) is 11.0 Å². The Morgan fingerprint density at radius 2 is 2.21 bits per heavy atom. The molecule has 0 radical (unpaired) electrons. The number of nitriles is 1. The van der Waals surface area contributed by atoms with Gasteiger partial charge in [0.25, 0.3) is 0 Å². The second-order valence-electron chi connectivity index (χ2n) is 4.12. The largest absolute Gasteiger partial charge is 0.398 e. The zero-order chi connectivity index (χ0) is 14.5. The van der Waals surface area contributed by atoms with Crippen LogP contribution < -0.4 is 5.73 Å². The van der Waals surface area contributed by atoms with E-state index in [1.165, 1.54) is 29.6 Å². The van der Waals surface area contributed by atoms with Gasteiger partial charge in [0.15, 0.2) is 0 Å². The fraction of sp³-hybridized carbons (Fsp3) is 0.308. The SMILES string of the molecule is C=CCCCN(C)S(=O)(=O)c1ccc(C#N)cc1N. The molecule has 102 valence electrons. The van der Waals surface area contributed by atoms with Crippen LogP contribution >= 0.6 is 0 Å². The Morgan fingerprint density at radius 1 is 1.53 bits per heavy atom. The molecule has 0 aliphatic heterocycles. The number of anilines is 1. The maximum absolute atomic E-state index is 12.3. The molecule has 2 N–H and O–H groups in total. The average Bonchev–Trinajstić information content (AvgIpc) is 2.38. The number of allylic oxidation sites excluding steroid dienone is 1. The topological polar surface area (TPSA) is 87.2 Å². The quantitative estimate of drug-likeness (QED) is 0.488. The number of hydrogen-bond donors (Lipinski definition) is 1. The molecule has 0 unspecified atom stereocenters. The summed E-state index contributed by atoms with van der Waals surface area (Å²) in [6, 6.07) is 6.10. The van der Waals surface area contributed by atoms with Crippen LogP contribution in [0.4, 0.5) is 5.69 Å². The van der Waals surface area contributed by atoms with Gasteiger partial charge >= 0.3 is 0 Å². The lowest BCUT2D eigenvalue weighted by Crippen LogP contribution is -2.28. The minimum Gasteiger partial charge on any atom is -0.398 e. The van der Waals surface area contributed by atoms with Crippen LogP contribution in [0.3, 0.4) is 0 Å². The minimum atomic E-state index is -3.61. The first-order chi connectivity index (χ1) is 8.93. The first-order valence-corrected chi connectivity index (χ1v) is 7.24. The summed E-state index contributed by atoms with van der Waals surface area (Å²) >= 11 is 0. The van der Waals surface area contributed by atoms with E-state index in [1.807, 2.05) is 6.07 Å². The summed E-state index contributed by atoms with van der Waals surface area (Å²) in [6.45, 7) is 3.99. The third kappa shape index (κ3) is 3.56. The molecule has 0 spiro atoms. The maximum Gasteiger partial charge on any atom is 0.244 e. The van der Waals surface area contributed by atoms with Crippen LogP contribution in [-0.4, -0.2) is 26.3 Å². The fourth-order valence-corrected chi connectivity index (χ4v) is 2.90. The second-order valence-corrected chi connectivity index (χ2v) is 6.14. The Hall–Kier alpha value is -1.84. The summed E-state index contributed by atoms with van der Waals surface area (Å²) in [5.41, 5.74) is 6.13. The predicted molar refractivity (Wildman–Crippen MR) is 74.8 cm³/mol. The number of rotatable bonds is 6. The lowest BCUT2D eigenvalue weighted by atomic mass is 10.2. The highest BCUT2D eigenvalue weighted by Crippen LogP contribution is 2.22. The lowest BCUT2D eigenvalue weighted by Gasteiger charge is -2.18. The van der Waals surface area contributed by atoms with Crippen molar-refractivity contribution in [3.8, 4) is 6.07 Å². The molecule has 1 aromatic rings. The standard InChI is InChI=1S/C13H17N3O2S/c1-3-4-5-8-16(2)19(17,18)13-7-6-11(10-14)9-12(13)15/h3,6-7,9H,1,4-5,8,15H2,2H3. The van der Waals surface area contributed by atoms with Crippen LogP contribution in [0.2, 0.25) is 0 Å². The van der Waals surface area contributed by atoms with Crippen molar-refractivity contribution in [3.05, 3.63) is 36.4 Å². The van der Waals surface area contributed by atoms with Crippen molar-refractivity contribution in [3.63, 3.8) is 0 Å². The molecule has 0 atom stereocenters. The van der Waals surface area contributed by atoms with Crippen molar-refractivity contribution in [2.24, 2.45) is 0 Å². The Bertz CT molecular complexity index is 603. The third-order valence-electron chi connectivity index (χ3n) is 2.71. The highest BCUT2D eigenvalue weighted by Gasteiger charge is 2.22. The number of nitrogen functional groups attached to an aromatic ring is 1. The van der Waals surface area contributed by atoms with Gasteiger partial charge in [-0.25, -0.2) is 12.7 Å². The third-order valence-corrected chi connectivity index (χ3v) is 4.64. The molecule has 0 heterocycles. The molecule has 0 fully saturated rings. The first-order valence-electron chi connectivity index (χ1n) is 5.80. The lowest BCUT2D eigenvalue weighted by molar-refractivity contribution is 0.463. The van der Waals surface area contributed by atoms with Gasteiger partial charge in [0, 0.05) is 13.6 Å². The van der Waals surface area contributed by atoms with E-state index in [-0.39, 0.29) is 10.6 Å². The molecule has 0 saturated carbocycles. The average molecular weight is 279 g/mol. The first kappa shape index (κ1) is 15.2. The molecule has 0 aromatic heterocycles. The summed E-state index contributed by atoms with van der Waals surface area (Å²) in [5.74, 6) is 0. The molecule has 1 rings (SSSR count). The minimum absolute atomic E-state index is 0.0348. The van der Waals surface area contributed by atoms with Gasteiger partial charge in [-0.1, -0.05) is 6.08 Å². The van der Waals surface area contributed by atoms with Crippen LogP contribution in [0.15, 0.2) is 35.7 Å². The van der Waals surface area contributed by atoms with Crippen LogP contribution in [0, 0.1) is 11.3 Å². The normalized spacial score (nSPS) is 11.2. The molecule has 0 aliphatic rings. The second kappa shape index (κ2) is 6.36. The molecule has 5 nitrogen and oxygen atoms in total. The van der Waals surface area contributed by atoms with Crippen molar-refractivity contribution >= 4 is 15.7 Å². The molecular formula is C13H17N3O2S. The van der Waals surface area contributed by atoms with Gasteiger partial charge in [-0.05, 0) is 31.0 Å². The van der Waals surface area contributed by atoms with Crippen molar-refractivity contribution < 1.29 is 8.42 Å². The fourth-order valence-electron chi connectivity index (χ4n) is 1.60. The van der Waals surface area contributed by atoms with Gasteiger partial charge in [0.05, 0.1) is 17.3 Å². The highest BCUT2D eigenvalue weighted by atomic mass is 32.2. The Labute approximate surface area is 114 Å². The van der Waals surface area contributed by atoms with Crippen molar-refractivity contribution in [2.45, 2.75) is 17.7 Å². The molecule has 0 saturated heterocycles. The van der Waals surface area contributed by atoms with Crippen LogP contribution in [0.25, 0.3) is 0 Å². The molecule has 1 aromatic carbocycles. The summed E-state index contributed by atoms with van der Waals surface area (Å²) in [6.07, 6.45) is 3.20. The summed E-state index contributed by atoms with van der Waals surface area (Å²) in [4.78, 5) is 0.0348. The van der Waals surface area contributed by atoms with Gasteiger partial charge < -0.3 is 5.73 Å². The van der Waals surface area contributed by atoms with Gasteiger partial charge in [0.2, 0.25) is 10.0 Å². The van der Waals surface area contributed by atoms with Crippen molar-refractivity contribution in [1.82, 2.24) is 4.31 Å². The van der Waals surface area contributed by atoms with Crippen LogP contribution in [0.1, 0.15) is 18.4 Å². The van der Waals surface area contributed by atoms with Gasteiger partial charge in [-0.2, -0.15) is 5.26 Å². The Kier molecular flexibility index (Phi) is 5.10. The smallest absolute Gasteiger partial charge is 0.244 e. The zero-order valence-corrected chi connectivity index (χ0v) is 11.7. The number of sulfonamides is 1. The highest BCUT2D eigenvalue weighted by molar-refractivity contribution is 7.89. The molecule has 0 bridgehead atoms. The number of nitrogens with zero attached hydrogens (tertiary/aromatic N) is 2. The van der Waals surface area contributed by atoms with E-state index in [1.54, 1.807) is 6.08 Å². The van der Waals surface area contributed by atoms with E-state index in [0.717, 1.165) is 6.42 Å². The number of hydrogen-bond acceptors (Lipinski definition) is 4. The van der Waals surface area contributed by atoms with Crippen molar-refractivity contribution in [2.75, 3.05) is 19.3 Å². The number of unbranched alkanes of at least 4 members (excludes halogenated alkanes) is 1. The van der Waals surface area contributed by atoms with Crippen molar-refractivity contribution in [1.29, 1.82) is 5.26 Å². The molecule has 0 aliphatic carbocycles. The van der Waals surface area contributed by atoms with Gasteiger partial charge in [-0.15, -0.1) is 6.58 Å². The molecule has 0 amide bonds. The number of nitrogens with two attached hydrogens (primary N) is 1. The van der Waals surface area contributed by atoms with E-state index in [0.29, 0.717) is 18.5 Å².